The van der Waals surface area contributed by atoms with Gasteiger partial charge in [0.25, 0.3) is 0 Å². The average Bonchev–Trinajstić information content (AvgIpc) is 2.27. The predicted molar refractivity (Wildman–Crippen MR) is 73.0 cm³/mol. The third-order valence-corrected chi connectivity index (χ3v) is 2.82. The van der Waals surface area contributed by atoms with E-state index in [4.69, 9.17) is 5.73 Å². The molecule has 0 fully saturated rings. The number of nitrogens with one attached hydrogen (secondary N) is 1. The second-order valence-electron chi connectivity index (χ2n) is 5.29. The topological polar surface area (TPSA) is 75.4 Å². The molecule has 5 nitrogen and oxygen atoms in total. The fourth-order valence-corrected chi connectivity index (χ4v) is 1.62. The van der Waals surface area contributed by atoms with Crippen LogP contribution in [0, 0.1) is 0 Å². The summed E-state index contributed by atoms with van der Waals surface area (Å²) in [5.74, 6) is -0.165. The van der Waals surface area contributed by atoms with Gasteiger partial charge in [-0.3, -0.25) is 9.59 Å². The van der Waals surface area contributed by atoms with Crippen LogP contribution in [0.15, 0.2) is 0 Å². The first-order chi connectivity index (χ1) is 8.21. The van der Waals surface area contributed by atoms with E-state index >= 15 is 0 Å². The number of rotatable bonds is 7. The van der Waals surface area contributed by atoms with E-state index in [1.54, 1.807) is 11.8 Å². The largest absolute Gasteiger partial charge is 0.345 e. The Morgan fingerprint density at radius 2 is 1.78 bits per heavy atom. The monoisotopic (exact) mass is 257 g/mol. The van der Waals surface area contributed by atoms with Gasteiger partial charge in [0.2, 0.25) is 11.8 Å². The predicted octanol–water partition coefficient (Wildman–Crippen LogP) is 0.877. The Hall–Kier alpha value is -1.10. The molecule has 3 N–H and O–H groups in total. The maximum Gasteiger partial charge on any atom is 0.244 e. The zero-order valence-corrected chi connectivity index (χ0v) is 12.2. The number of hydrogen-bond donors (Lipinski definition) is 2. The van der Waals surface area contributed by atoms with Gasteiger partial charge in [0, 0.05) is 25.0 Å². The van der Waals surface area contributed by atoms with Gasteiger partial charge < -0.3 is 16.0 Å². The highest BCUT2D eigenvalue weighted by molar-refractivity contribution is 5.87. The van der Waals surface area contributed by atoms with E-state index in [1.807, 2.05) is 27.7 Å². The number of carbonyl (C=O) groups is 2. The summed E-state index contributed by atoms with van der Waals surface area (Å²) in [5.41, 5.74) is 5.45. The van der Waals surface area contributed by atoms with Crippen LogP contribution < -0.4 is 11.1 Å². The van der Waals surface area contributed by atoms with Gasteiger partial charge in [0.05, 0.1) is 0 Å². The summed E-state index contributed by atoms with van der Waals surface area (Å²) in [6.45, 7) is 10.6. The van der Waals surface area contributed by atoms with E-state index in [0.717, 1.165) is 0 Å². The van der Waals surface area contributed by atoms with Crippen LogP contribution in [-0.4, -0.2) is 41.4 Å². The molecule has 0 aromatic carbocycles. The number of nitrogens with zero attached hydrogens (tertiary/aromatic N) is 1. The second-order valence-corrected chi connectivity index (χ2v) is 5.29. The molecule has 18 heavy (non-hydrogen) atoms. The summed E-state index contributed by atoms with van der Waals surface area (Å²) in [6, 6.07) is -0.474. The normalized spacial score (nSPS) is 13.0. The van der Waals surface area contributed by atoms with Gasteiger partial charge in [-0.15, -0.1) is 0 Å². The molecule has 0 saturated heterocycles. The minimum Gasteiger partial charge on any atom is -0.345 e. The first kappa shape index (κ1) is 16.9. The average molecular weight is 257 g/mol. The zero-order chi connectivity index (χ0) is 14.3. The van der Waals surface area contributed by atoms with Crippen LogP contribution in [-0.2, 0) is 9.59 Å². The third-order valence-electron chi connectivity index (χ3n) is 2.82. The molecule has 0 rings (SSSR count). The van der Waals surface area contributed by atoms with Crippen LogP contribution in [0.3, 0.4) is 0 Å². The fourth-order valence-electron chi connectivity index (χ4n) is 1.62. The molecule has 0 spiro atoms. The molecule has 0 saturated carbocycles. The van der Waals surface area contributed by atoms with E-state index in [1.165, 1.54) is 0 Å². The number of amides is 2. The summed E-state index contributed by atoms with van der Waals surface area (Å²) in [5, 5.41) is 2.72. The molecule has 0 heterocycles. The highest BCUT2D eigenvalue weighted by Gasteiger charge is 2.20. The number of likely N-dealkylation sites (N-methyl/N-ethyl adjacent to an activating group) is 1. The Kier molecular flexibility index (Phi) is 6.91. The Morgan fingerprint density at radius 1 is 1.28 bits per heavy atom. The van der Waals surface area contributed by atoms with Crippen LogP contribution in [0.1, 0.15) is 47.5 Å². The SMILES string of the molecule is CCN(CC)C(=O)C(C)NC(=O)CCC(C)(C)N. The molecular formula is C13H27N3O2. The van der Waals surface area contributed by atoms with Gasteiger partial charge in [-0.05, 0) is 41.0 Å². The molecule has 0 aliphatic rings. The lowest BCUT2D eigenvalue weighted by molar-refractivity contribution is -0.135. The smallest absolute Gasteiger partial charge is 0.244 e. The molecule has 5 heteroatoms. The van der Waals surface area contributed by atoms with Crippen LogP contribution in [0.5, 0.6) is 0 Å². The molecule has 2 amide bonds. The quantitative estimate of drug-likeness (QED) is 0.711. The standard InChI is InChI=1S/C13H27N3O2/c1-6-16(7-2)12(18)10(3)15-11(17)8-9-13(4,5)14/h10H,6-9,14H2,1-5H3,(H,15,17). The van der Waals surface area contributed by atoms with E-state index in [9.17, 15) is 9.59 Å². The molecule has 1 atom stereocenters. The van der Waals surface area contributed by atoms with Crippen molar-refractivity contribution in [2.24, 2.45) is 5.73 Å². The first-order valence-electron chi connectivity index (χ1n) is 6.58. The van der Waals surface area contributed by atoms with Crippen molar-refractivity contribution in [1.82, 2.24) is 10.2 Å². The minimum atomic E-state index is -0.474. The lowest BCUT2D eigenvalue weighted by atomic mass is 10.00. The van der Waals surface area contributed by atoms with E-state index in [0.29, 0.717) is 25.9 Å². The number of carbonyl (C=O) groups excluding carboxylic acids is 2. The van der Waals surface area contributed by atoms with Crippen molar-refractivity contribution in [2.75, 3.05) is 13.1 Å². The van der Waals surface area contributed by atoms with Crippen LogP contribution in [0.2, 0.25) is 0 Å². The molecule has 106 valence electrons. The molecule has 0 aliphatic heterocycles. The van der Waals surface area contributed by atoms with E-state index in [-0.39, 0.29) is 17.4 Å². The Balaban J connectivity index is 4.19. The molecule has 1 unspecified atom stereocenters. The van der Waals surface area contributed by atoms with Crippen molar-refractivity contribution < 1.29 is 9.59 Å². The van der Waals surface area contributed by atoms with Gasteiger partial charge in [-0.2, -0.15) is 0 Å². The number of hydrogen-bond acceptors (Lipinski definition) is 3. The summed E-state index contributed by atoms with van der Waals surface area (Å²) < 4.78 is 0. The van der Waals surface area contributed by atoms with Crippen molar-refractivity contribution >= 4 is 11.8 Å². The first-order valence-corrected chi connectivity index (χ1v) is 6.58. The Morgan fingerprint density at radius 3 is 2.17 bits per heavy atom. The third kappa shape index (κ3) is 6.59. The number of nitrogens with two attached hydrogens (primary N) is 1. The van der Waals surface area contributed by atoms with Gasteiger partial charge in [0.15, 0.2) is 0 Å². The van der Waals surface area contributed by atoms with Gasteiger partial charge in [-0.25, -0.2) is 0 Å². The molecule has 0 aliphatic carbocycles. The van der Waals surface area contributed by atoms with Crippen molar-refractivity contribution in [3.8, 4) is 0 Å². The fraction of sp³-hybridized carbons (Fsp3) is 0.846. The van der Waals surface area contributed by atoms with Crippen LogP contribution >= 0.6 is 0 Å². The van der Waals surface area contributed by atoms with E-state index < -0.39 is 6.04 Å². The molecule has 0 radical (unpaired) electrons. The Bertz CT molecular complexity index is 280. The van der Waals surface area contributed by atoms with E-state index in [2.05, 4.69) is 5.32 Å². The van der Waals surface area contributed by atoms with Crippen LogP contribution in [0.25, 0.3) is 0 Å². The summed E-state index contributed by atoms with van der Waals surface area (Å²) in [4.78, 5) is 25.3. The second kappa shape index (κ2) is 7.36. The van der Waals surface area contributed by atoms with Crippen molar-refractivity contribution in [3.63, 3.8) is 0 Å². The van der Waals surface area contributed by atoms with Crippen molar-refractivity contribution in [1.29, 1.82) is 0 Å². The lowest BCUT2D eigenvalue weighted by Crippen LogP contribution is -2.47. The summed E-state index contributed by atoms with van der Waals surface area (Å²) >= 11 is 0. The highest BCUT2D eigenvalue weighted by atomic mass is 16.2. The Labute approximate surface area is 110 Å². The molecule has 0 aromatic rings. The zero-order valence-electron chi connectivity index (χ0n) is 12.2. The van der Waals surface area contributed by atoms with Gasteiger partial charge in [0.1, 0.15) is 6.04 Å². The van der Waals surface area contributed by atoms with Gasteiger partial charge in [-0.1, -0.05) is 0 Å². The minimum absolute atomic E-state index is 0.0413. The van der Waals surface area contributed by atoms with Crippen molar-refractivity contribution in [2.45, 2.75) is 59.0 Å². The molecule has 0 bridgehead atoms. The highest BCUT2D eigenvalue weighted by Crippen LogP contribution is 2.07. The maximum atomic E-state index is 11.9. The maximum absolute atomic E-state index is 11.9. The summed E-state index contributed by atoms with van der Waals surface area (Å²) in [7, 11) is 0. The van der Waals surface area contributed by atoms with Gasteiger partial charge >= 0.3 is 0 Å². The van der Waals surface area contributed by atoms with Crippen LogP contribution in [0.4, 0.5) is 0 Å². The lowest BCUT2D eigenvalue weighted by Gasteiger charge is -2.24. The molecule has 0 aromatic heterocycles. The summed E-state index contributed by atoms with van der Waals surface area (Å²) in [6.07, 6.45) is 0.949. The molecular weight excluding hydrogens is 230 g/mol. The van der Waals surface area contributed by atoms with Crippen molar-refractivity contribution in [3.05, 3.63) is 0 Å².